The van der Waals surface area contributed by atoms with Crippen molar-refractivity contribution in [1.82, 2.24) is 5.32 Å². The van der Waals surface area contributed by atoms with Crippen molar-refractivity contribution >= 4 is 23.0 Å². The lowest BCUT2D eigenvalue weighted by atomic mass is 10.4. The van der Waals surface area contributed by atoms with E-state index in [1.807, 2.05) is 20.1 Å². The van der Waals surface area contributed by atoms with Crippen molar-refractivity contribution in [2.24, 2.45) is 4.99 Å². The fourth-order valence-electron chi connectivity index (χ4n) is 1.27. The van der Waals surface area contributed by atoms with E-state index in [-0.39, 0.29) is 6.29 Å². The molecule has 7 heteroatoms. The molecule has 0 aliphatic rings. The Hall–Kier alpha value is -0.790. The van der Waals surface area contributed by atoms with Crippen LogP contribution in [0.1, 0.15) is 27.2 Å². The Balaban J connectivity index is 4.13. The van der Waals surface area contributed by atoms with Gasteiger partial charge in [0.25, 0.3) is 0 Å². The van der Waals surface area contributed by atoms with Gasteiger partial charge in [0.15, 0.2) is 11.5 Å². The summed E-state index contributed by atoms with van der Waals surface area (Å²) in [4.78, 5) is 15.5. The van der Waals surface area contributed by atoms with Gasteiger partial charge in [-0.15, -0.1) is 0 Å². The van der Waals surface area contributed by atoms with Crippen LogP contribution in [0.5, 0.6) is 0 Å². The maximum Gasteiger partial charge on any atom is 0.413 e. The molecule has 1 amide bonds. The summed E-state index contributed by atoms with van der Waals surface area (Å²) in [5.74, 6) is 0. The SMILES string of the molecule is CCOC(=O)NC(=NCCC(OCC)OCC)SC. The lowest BCUT2D eigenvalue weighted by molar-refractivity contribution is -0.137. The Morgan fingerprint density at radius 1 is 1.21 bits per heavy atom. The Morgan fingerprint density at radius 3 is 2.32 bits per heavy atom. The molecule has 0 saturated carbocycles. The maximum atomic E-state index is 11.2. The number of amides is 1. The molecule has 0 atom stereocenters. The molecule has 0 radical (unpaired) electrons. The van der Waals surface area contributed by atoms with E-state index in [0.29, 0.717) is 38.0 Å². The largest absolute Gasteiger partial charge is 0.450 e. The lowest BCUT2D eigenvalue weighted by Gasteiger charge is -2.15. The highest BCUT2D eigenvalue weighted by molar-refractivity contribution is 8.13. The average Bonchev–Trinajstić information content (AvgIpc) is 2.38. The van der Waals surface area contributed by atoms with Crippen molar-refractivity contribution in [3.8, 4) is 0 Å². The van der Waals surface area contributed by atoms with Crippen LogP contribution in [0.25, 0.3) is 0 Å². The van der Waals surface area contributed by atoms with Gasteiger partial charge in [0, 0.05) is 26.2 Å². The number of thioether (sulfide) groups is 1. The molecule has 0 unspecified atom stereocenters. The van der Waals surface area contributed by atoms with Gasteiger partial charge in [-0.05, 0) is 27.0 Å². The normalized spacial score (nSPS) is 11.7. The van der Waals surface area contributed by atoms with E-state index in [4.69, 9.17) is 14.2 Å². The van der Waals surface area contributed by atoms with Gasteiger partial charge >= 0.3 is 6.09 Å². The van der Waals surface area contributed by atoms with Crippen LogP contribution in [0.2, 0.25) is 0 Å². The summed E-state index contributed by atoms with van der Waals surface area (Å²) in [7, 11) is 0. The number of carbonyl (C=O) groups excluding carboxylic acids is 1. The number of aliphatic imine (C=N–C) groups is 1. The van der Waals surface area contributed by atoms with Crippen molar-refractivity contribution in [2.45, 2.75) is 33.5 Å². The predicted octanol–water partition coefficient (Wildman–Crippen LogP) is 2.24. The number of ether oxygens (including phenoxy) is 3. The molecular weight excluding hydrogens is 268 g/mol. The molecule has 0 aliphatic heterocycles. The van der Waals surface area contributed by atoms with Crippen LogP contribution < -0.4 is 5.32 Å². The van der Waals surface area contributed by atoms with Gasteiger partial charge in [-0.3, -0.25) is 10.3 Å². The third-order valence-corrected chi connectivity index (χ3v) is 2.62. The molecule has 6 nitrogen and oxygen atoms in total. The van der Waals surface area contributed by atoms with E-state index < -0.39 is 6.09 Å². The molecule has 0 aromatic heterocycles. The maximum absolute atomic E-state index is 11.2. The molecule has 0 spiro atoms. The second kappa shape index (κ2) is 12.3. The standard InChI is InChI=1S/C12H24N2O4S/c1-5-16-10(17-6-2)8-9-13-11(19-4)14-12(15)18-7-3/h10H,5-9H2,1-4H3,(H,13,14,15). The quantitative estimate of drug-likeness (QED) is 0.422. The molecule has 112 valence electrons. The van der Waals surface area contributed by atoms with Crippen LogP contribution in [0.15, 0.2) is 4.99 Å². The number of hydrogen-bond acceptors (Lipinski definition) is 6. The summed E-state index contributed by atoms with van der Waals surface area (Å²) in [5.41, 5.74) is 0. The summed E-state index contributed by atoms with van der Waals surface area (Å²) < 4.78 is 15.6. The summed E-state index contributed by atoms with van der Waals surface area (Å²) in [5, 5.41) is 3.11. The van der Waals surface area contributed by atoms with Crippen LogP contribution in [-0.2, 0) is 14.2 Å². The Bertz CT molecular complexity index is 268. The predicted molar refractivity (Wildman–Crippen MR) is 77.6 cm³/mol. The highest BCUT2D eigenvalue weighted by Gasteiger charge is 2.08. The number of hydrogen-bond donors (Lipinski definition) is 1. The second-order valence-corrected chi connectivity index (χ2v) is 4.16. The molecule has 0 aromatic rings. The van der Waals surface area contributed by atoms with Crippen molar-refractivity contribution in [3.05, 3.63) is 0 Å². The summed E-state index contributed by atoms with van der Waals surface area (Å²) in [6.45, 7) is 7.66. The van der Waals surface area contributed by atoms with Crippen LogP contribution in [0, 0.1) is 0 Å². The first-order chi connectivity index (χ1) is 9.17. The van der Waals surface area contributed by atoms with Crippen molar-refractivity contribution in [2.75, 3.05) is 32.6 Å². The zero-order valence-electron chi connectivity index (χ0n) is 12.1. The average molecular weight is 292 g/mol. The fraction of sp³-hybridized carbons (Fsp3) is 0.833. The molecular formula is C12H24N2O4S. The minimum atomic E-state index is -0.484. The molecule has 0 bridgehead atoms. The molecule has 19 heavy (non-hydrogen) atoms. The first-order valence-corrected chi connectivity index (χ1v) is 7.65. The number of alkyl carbamates (subject to hydrolysis) is 1. The second-order valence-electron chi connectivity index (χ2n) is 3.37. The first-order valence-electron chi connectivity index (χ1n) is 6.43. The zero-order chi connectivity index (χ0) is 14.5. The van der Waals surface area contributed by atoms with Crippen LogP contribution in [0.3, 0.4) is 0 Å². The number of carbonyl (C=O) groups is 1. The Labute approximate surface area is 119 Å². The van der Waals surface area contributed by atoms with E-state index in [2.05, 4.69) is 10.3 Å². The number of nitrogens with one attached hydrogen (secondary N) is 1. The topological polar surface area (TPSA) is 69.2 Å². The van der Waals surface area contributed by atoms with E-state index in [1.54, 1.807) is 6.92 Å². The van der Waals surface area contributed by atoms with Crippen LogP contribution >= 0.6 is 11.8 Å². The van der Waals surface area contributed by atoms with Crippen molar-refractivity contribution in [1.29, 1.82) is 0 Å². The molecule has 0 saturated heterocycles. The minimum absolute atomic E-state index is 0.246. The van der Waals surface area contributed by atoms with Gasteiger partial charge in [-0.2, -0.15) is 0 Å². The van der Waals surface area contributed by atoms with Crippen molar-refractivity contribution < 1.29 is 19.0 Å². The van der Waals surface area contributed by atoms with E-state index in [1.165, 1.54) is 11.8 Å². The van der Waals surface area contributed by atoms with Crippen molar-refractivity contribution in [3.63, 3.8) is 0 Å². The van der Waals surface area contributed by atoms with Gasteiger partial charge in [0.2, 0.25) is 0 Å². The van der Waals surface area contributed by atoms with Gasteiger partial charge < -0.3 is 14.2 Å². The van der Waals surface area contributed by atoms with Crippen LogP contribution in [0.4, 0.5) is 4.79 Å². The third kappa shape index (κ3) is 9.75. The smallest absolute Gasteiger partial charge is 0.413 e. The fourth-order valence-corrected chi connectivity index (χ4v) is 1.67. The van der Waals surface area contributed by atoms with Crippen LogP contribution in [-0.4, -0.2) is 50.2 Å². The van der Waals surface area contributed by atoms with E-state index >= 15 is 0 Å². The highest BCUT2D eigenvalue weighted by Crippen LogP contribution is 2.03. The van der Waals surface area contributed by atoms with Gasteiger partial charge in [-0.25, -0.2) is 4.79 Å². The Morgan fingerprint density at radius 2 is 1.84 bits per heavy atom. The van der Waals surface area contributed by atoms with Gasteiger partial charge in [-0.1, -0.05) is 11.8 Å². The summed E-state index contributed by atoms with van der Waals surface area (Å²) in [6, 6.07) is 0. The molecule has 0 aliphatic carbocycles. The van der Waals surface area contributed by atoms with E-state index in [9.17, 15) is 4.79 Å². The number of amidine groups is 1. The minimum Gasteiger partial charge on any atom is -0.450 e. The van der Waals surface area contributed by atoms with Gasteiger partial charge in [0.05, 0.1) is 6.61 Å². The monoisotopic (exact) mass is 292 g/mol. The molecule has 1 N–H and O–H groups in total. The highest BCUT2D eigenvalue weighted by atomic mass is 32.2. The lowest BCUT2D eigenvalue weighted by Crippen LogP contribution is -2.29. The third-order valence-electron chi connectivity index (χ3n) is 2.00. The Kier molecular flexibility index (Phi) is 11.7. The first kappa shape index (κ1) is 18.2. The molecule has 0 heterocycles. The molecule has 0 aromatic carbocycles. The molecule has 0 fully saturated rings. The zero-order valence-corrected chi connectivity index (χ0v) is 12.9. The summed E-state index contributed by atoms with van der Waals surface area (Å²) >= 11 is 1.36. The number of rotatable bonds is 8. The van der Waals surface area contributed by atoms with Gasteiger partial charge in [0.1, 0.15) is 0 Å². The van der Waals surface area contributed by atoms with E-state index in [0.717, 1.165) is 0 Å². The number of nitrogens with zero attached hydrogens (tertiary/aromatic N) is 1. The molecule has 0 rings (SSSR count). The summed E-state index contributed by atoms with van der Waals surface area (Å²) in [6.07, 6.45) is 1.76.